The van der Waals surface area contributed by atoms with Crippen LogP contribution in [0.2, 0.25) is 0 Å². The quantitative estimate of drug-likeness (QED) is 0.302. The molecule has 6 nitrogen and oxygen atoms in total. The second kappa shape index (κ2) is 13.9. The number of carbonyl (C=O) groups excluding carboxylic acids is 3. The van der Waals surface area contributed by atoms with E-state index in [2.05, 4.69) is 15.0 Å². The zero-order chi connectivity index (χ0) is 16.8. The van der Waals surface area contributed by atoms with Gasteiger partial charge in [-0.25, -0.2) is 24.4 Å². The van der Waals surface area contributed by atoms with Crippen molar-refractivity contribution in [2.75, 3.05) is 42.0 Å². The van der Waals surface area contributed by atoms with Crippen molar-refractivity contribution in [3.8, 4) is 0 Å². The van der Waals surface area contributed by atoms with Gasteiger partial charge in [0, 0.05) is 38.8 Å². The van der Waals surface area contributed by atoms with Gasteiger partial charge in [0.1, 0.15) is 0 Å². The molecular weight excluding hydrogens is 374 g/mol. The van der Waals surface area contributed by atoms with Crippen LogP contribution >= 0.6 is 47.0 Å². The van der Waals surface area contributed by atoms with Gasteiger partial charge >= 0.3 is 0 Å². The van der Waals surface area contributed by atoms with E-state index in [4.69, 9.17) is 0 Å². The van der Waals surface area contributed by atoms with Crippen molar-refractivity contribution in [3.05, 3.63) is 0 Å². The first kappa shape index (κ1) is 20.6. The Morgan fingerprint density at radius 3 is 2.00 bits per heavy atom. The molecule has 0 saturated carbocycles. The Hall–Kier alpha value is -0.460. The van der Waals surface area contributed by atoms with E-state index in [1.807, 2.05) is 23.5 Å². The molecule has 1 aliphatic rings. The predicted octanol–water partition coefficient (Wildman–Crippen LogP) is 2.00. The molecule has 0 aromatic carbocycles. The lowest BCUT2D eigenvalue weighted by molar-refractivity contribution is 0.561. The van der Waals surface area contributed by atoms with Gasteiger partial charge in [-0.05, 0) is 0 Å². The Labute approximate surface area is 152 Å². The van der Waals surface area contributed by atoms with Gasteiger partial charge in [0.15, 0.2) is 0 Å². The normalized spacial score (nSPS) is 21.4. The summed E-state index contributed by atoms with van der Waals surface area (Å²) in [7, 11) is 0. The molecule has 0 aliphatic carbocycles. The van der Waals surface area contributed by atoms with Gasteiger partial charge in [-0.15, -0.1) is 11.8 Å². The minimum absolute atomic E-state index is 0.0259. The number of aliphatic imine (C=N–C) groups is 3. The molecule has 1 rings (SSSR count). The first-order valence-electron chi connectivity index (χ1n) is 6.83. The molecule has 0 amide bonds. The van der Waals surface area contributed by atoms with Crippen LogP contribution in [0.5, 0.6) is 0 Å². The summed E-state index contributed by atoms with van der Waals surface area (Å²) in [5.41, 5.74) is 0. The fourth-order valence-corrected chi connectivity index (χ4v) is 7.35. The Morgan fingerprint density at radius 2 is 1.48 bits per heavy atom. The van der Waals surface area contributed by atoms with E-state index >= 15 is 0 Å². The predicted molar refractivity (Wildman–Crippen MR) is 100 cm³/mol. The minimum Gasteiger partial charge on any atom is -0.211 e. The van der Waals surface area contributed by atoms with Gasteiger partial charge in [0.25, 0.3) is 0 Å². The monoisotopic (exact) mass is 391 g/mol. The van der Waals surface area contributed by atoms with Crippen molar-refractivity contribution < 1.29 is 14.4 Å². The van der Waals surface area contributed by atoms with Gasteiger partial charge in [-0.2, -0.15) is 40.3 Å². The smallest absolute Gasteiger partial charge is 0.211 e. The van der Waals surface area contributed by atoms with Gasteiger partial charge in [-0.3, -0.25) is 0 Å². The molecule has 0 radical (unpaired) electrons. The first-order chi connectivity index (χ1) is 11.3. The third-order valence-electron chi connectivity index (χ3n) is 2.80. The highest BCUT2D eigenvalue weighted by atomic mass is 32.2. The van der Waals surface area contributed by atoms with Crippen LogP contribution in [0.25, 0.3) is 0 Å². The maximum Gasteiger partial charge on any atom is 0.235 e. The fourth-order valence-electron chi connectivity index (χ4n) is 1.72. The SMILES string of the molecule is O=C=NCSCC1CSC(CSC(CN=C=O)CN=C=O)CS1. The van der Waals surface area contributed by atoms with Gasteiger partial charge in [0.2, 0.25) is 18.2 Å². The van der Waals surface area contributed by atoms with Crippen molar-refractivity contribution in [3.63, 3.8) is 0 Å². The summed E-state index contributed by atoms with van der Waals surface area (Å²) in [5, 5.41) is 1.16. The molecule has 2 unspecified atom stereocenters. The summed E-state index contributed by atoms with van der Waals surface area (Å²) in [6, 6.07) is 0. The van der Waals surface area contributed by atoms with Gasteiger partial charge in [0.05, 0.1) is 19.0 Å². The number of rotatable bonds is 11. The largest absolute Gasteiger partial charge is 0.235 e. The van der Waals surface area contributed by atoms with E-state index in [0.717, 1.165) is 23.0 Å². The van der Waals surface area contributed by atoms with E-state index in [0.29, 0.717) is 29.5 Å². The standard InChI is InChI=1S/C13H17N3O3S4/c17-7-14-1-11(2-15-8-18)21-5-13-6-22-12(4-23-13)3-20-10-16-9-19/h11-13H,1-6,10H2. The van der Waals surface area contributed by atoms with E-state index in [-0.39, 0.29) is 5.25 Å². The molecule has 1 saturated heterocycles. The molecule has 1 fully saturated rings. The summed E-state index contributed by atoms with van der Waals surface area (Å²) < 4.78 is 0. The maximum atomic E-state index is 10.2. The summed E-state index contributed by atoms with van der Waals surface area (Å²) in [6.07, 6.45) is 4.59. The lowest BCUT2D eigenvalue weighted by Gasteiger charge is -2.28. The third-order valence-corrected chi connectivity index (χ3v) is 8.75. The molecule has 2 atom stereocenters. The number of thioether (sulfide) groups is 4. The van der Waals surface area contributed by atoms with E-state index < -0.39 is 0 Å². The van der Waals surface area contributed by atoms with Crippen LogP contribution in [-0.4, -0.2) is 76.0 Å². The highest BCUT2D eigenvalue weighted by molar-refractivity contribution is 8.09. The number of isocyanates is 3. The number of hydrogen-bond acceptors (Lipinski definition) is 10. The van der Waals surface area contributed by atoms with Gasteiger partial charge < -0.3 is 0 Å². The molecule has 0 aromatic heterocycles. The highest BCUT2D eigenvalue weighted by Crippen LogP contribution is 2.34. The molecular formula is C13H17N3O3S4. The topological polar surface area (TPSA) is 88.3 Å². The van der Waals surface area contributed by atoms with Crippen molar-refractivity contribution in [1.29, 1.82) is 0 Å². The van der Waals surface area contributed by atoms with Gasteiger partial charge in [-0.1, -0.05) is 0 Å². The van der Waals surface area contributed by atoms with Crippen LogP contribution in [0.3, 0.4) is 0 Å². The Bertz CT molecular complexity index is 461. The zero-order valence-electron chi connectivity index (χ0n) is 12.4. The van der Waals surface area contributed by atoms with Crippen LogP contribution < -0.4 is 0 Å². The molecule has 0 bridgehead atoms. The van der Waals surface area contributed by atoms with E-state index in [1.165, 1.54) is 12.2 Å². The van der Waals surface area contributed by atoms with Crippen molar-refractivity contribution in [2.24, 2.45) is 15.0 Å². The third kappa shape index (κ3) is 10.1. The lowest BCUT2D eigenvalue weighted by Crippen LogP contribution is -2.26. The summed E-state index contributed by atoms with van der Waals surface area (Å²) in [5.74, 6) is 4.58. The highest BCUT2D eigenvalue weighted by Gasteiger charge is 2.23. The first-order valence-corrected chi connectivity index (χ1v) is 11.1. The Kier molecular flexibility index (Phi) is 12.5. The molecule has 126 valence electrons. The van der Waals surface area contributed by atoms with Crippen LogP contribution in [0.15, 0.2) is 15.0 Å². The number of hydrogen-bond donors (Lipinski definition) is 0. The fraction of sp³-hybridized carbons (Fsp3) is 0.769. The molecule has 1 aliphatic heterocycles. The molecule has 0 aromatic rings. The lowest BCUT2D eigenvalue weighted by atomic mass is 10.4. The van der Waals surface area contributed by atoms with E-state index in [1.54, 1.807) is 29.6 Å². The summed E-state index contributed by atoms with van der Waals surface area (Å²) in [6.45, 7) is 0.667. The number of nitrogens with zero attached hydrogens (tertiary/aromatic N) is 3. The van der Waals surface area contributed by atoms with Crippen LogP contribution in [0.1, 0.15) is 0 Å². The van der Waals surface area contributed by atoms with Crippen LogP contribution in [0, 0.1) is 0 Å². The summed E-state index contributed by atoms with van der Waals surface area (Å²) in [4.78, 5) is 41.1. The van der Waals surface area contributed by atoms with Crippen LogP contribution in [-0.2, 0) is 14.4 Å². The van der Waals surface area contributed by atoms with Crippen molar-refractivity contribution >= 4 is 65.3 Å². The second-order valence-electron chi connectivity index (χ2n) is 4.48. The molecule has 1 heterocycles. The average Bonchev–Trinajstić information content (AvgIpc) is 2.59. The maximum absolute atomic E-state index is 10.2. The second-order valence-corrected chi connectivity index (χ2v) is 9.48. The minimum atomic E-state index is 0.0259. The Balaban J connectivity index is 2.23. The summed E-state index contributed by atoms with van der Waals surface area (Å²) >= 11 is 7.24. The van der Waals surface area contributed by atoms with E-state index in [9.17, 15) is 14.4 Å². The zero-order valence-corrected chi connectivity index (χ0v) is 15.6. The average molecular weight is 392 g/mol. The molecule has 0 N–H and O–H groups in total. The molecule has 23 heavy (non-hydrogen) atoms. The molecule has 10 heteroatoms. The van der Waals surface area contributed by atoms with Crippen LogP contribution in [0.4, 0.5) is 0 Å². The Morgan fingerprint density at radius 1 is 0.913 bits per heavy atom. The van der Waals surface area contributed by atoms with Crippen molar-refractivity contribution in [1.82, 2.24) is 0 Å². The molecule has 0 spiro atoms. The van der Waals surface area contributed by atoms with Crippen molar-refractivity contribution in [2.45, 2.75) is 15.7 Å².